The molecule has 8 heteroatoms. The summed E-state index contributed by atoms with van der Waals surface area (Å²) in [6.07, 6.45) is -0.155. The van der Waals surface area contributed by atoms with Gasteiger partial charge >= 0.3 is 5.97 Å². The van der Waals surface area contributed by atoms with E-state index in [9.17, 15) is 13.2 Å². The summed E-state index contributed by atoms with van der Waals surface area (Å²) in [5, 5.41) is 8.83. The van der Waals surface area contributed by atoms with Crippen LogP contribution in [0.4, 0.5) is 0 Å². The van der Waals surface area contributed by atoms with Crippen LogP contribution >= 0.6 is 11.8 Å². The van der Waals surface area contributed by atoms with Crippen LogP contribution in [0.2, 0.25) is 0 Å². The van der Waals surface area contributed by atoms with Crippen LogP contribution in [0, 0.1) is 0 Å². The maximum Gasteiger partial charge on any atom is 0.305 e. The Morgan fingerprint density at radius 3 is 2.61 bits per heavy atom. The normalized spacial score (nSPS) is 22.9. The van der Waals surface area contributed by atoms with Gasteiger partial charge in [-0.25, -0.2) is 0 Å². The molecule has 0 aromatic heterocycles. The molecule has 0 aliphatic carbocycles. The lowest BCUT2D eigenvalue weighted by Gasteiger charge is -2.35. The average Bonchev–Trinajstić information content (AvgIpc) is 2.13. The summed E-state index contributed by atoms with van der Waals surface area (Å²) < 4.78 is 28.3. The van der Waals surface area contributed by atoms with E-state index in [-0.39, 0.29) is 6.42 Å². The number of nitrogens with zero attached hydrogens (tertiary/aromatic N) is 1. The number of hydrogen-bond donors (Lipinski definition) is 2. The second-order valence-corrected chi connectivity index (χ2v) is 8.07. The monoisotopic (exact) mass is 296 g/mol. The smallest absolute Gasteiger partial charge is 0.305 e. The first-order valence-corrected chi connectivity index (χ1v) is 8.31. The molecule has 1 unspecified atom stereocenters. The molecular formula is C10H20N2O4S2. The molecule has 0 bridgehead atoms. The van der Waals surface area contributed by atoms with Crippen molar-refractivity contribution in [3.63, 3.8) is 0 Å². The van der Waals surface area contributed by atoms with Gasteiger partial charge in [0.25, 0.3) is 10.2 Å². The number of carboxylic acid groups (broad SMARTS) is 1. The molecule has 18 heavy (non-hydrogen) atoms. The van der Waals surface area contributed by atoms with Crippen molar-refractivity contribution in [2.45, 2.75) is 38.8 Å². The van der Waals surface area contributed by atoms with Crippen molar-refractivity contribution in [3.05, 3.63) is 0 Å². The number of nitrogens with one attached hydrogen (secondary N) is 1. The predicted molar refractivity (Wildman–Crippen MR) is 71.9 cm³/mol. The third-order valence-electron chi connectivity index (χ3n) is 2.33. The molecule has 2 N–H and O–H groups in total. The zero-order valence-electron chi connectivity index (χ0n) is 10.8. The molecule has 1 fully saturated rings. The first-order valence-electron chi connectivity index (χ1n) is 5.72. The van der Waals surface area contributed by atoms with Crippen LogP contribution in [0.1, 0.15) is 27.2 Å². The summed E-state index contributed by atoms with van der Waals surface area (Å²) in [7, 11) is -3.63. The van der Waals surface area contributed by atoms with E-state index in [1.807, 2.05) is 0 Å². The van der Waals surface area contributed by atoms with Gasteiger partial charge in [-0.2, -0.15) is 29.2 Å². The Morgan fingerprint density at radius 1 is 1.50 bits per heavy atom. The van der Waals surface area contributed by atoms with Gasteiger partial charge in [0, 0.05) is 29.6 Å². The van der Waals surface area contributed by atoms with Gasteiger partial charge < -0.3 is 5.11 Å². The van der Waals surface area contributed by atoms with Gasteiger partial charge in [0.1, 0.15) is 0 Å². The van der Waals surface area contributed by atoms with E-state index in [2.05, 4.69) is 4.72 Å². The van der Waals surface area contributed by atoms with Crippen molar-refractivity contribution in [1.82, 2.24) is 9.03 Å². The summed E-state index contributed by atoms with van der Waals surface area (Å²) in [5.41, 5.74) is -0.572. The Hall–Kier alpha value is -0.310. The molecule has 1 rings (SSSR count). The van der Waals surface area contributed by atoms with Crippen LogP contribution in [-0.4, -0.2) is 53.4 Å². The minimum Gasteiger partial charge on any atom is -0.481 e. The van der Waals surface area contributed by atoms with Crippen LogP contribution in [0.15, 0.2) is 0 Å². The van der Waals surface area contributed by atoms with Gasteiger partial charge in [0.15, 0.2) is 0 Å². The Kier molecular flexibility index (Phi) is 5.05. The maximum atomic E-state index is 12.2. The number of carboxylic acids is 1. The van der Waals surface area contributed by atoms with E-state index in [4.69, 9.17) is 5.11 Å². The molecule has 106 valence electrons. The molecular weight excluding hydrogens is 276 g/mol. The molecule has 0 aromatic carbocycles. The standard InChI is InChI=1S/C10H20N2O4S2/c1-10(2,3)11-18(15,16)12-4-5-17-7-8(12)6-9(13)14/h8,11H,4-7H2,1-3H3,(H,13,14). The van der Waals surface area contributed by atoms with Crippen molar-refractivity contribution in [2.24, 2.45) is 0 Å². The average molecular weight is 296 g/mol. The fraction of sp³-hybridized carbons (Fsp3) is 0.900. The molecule has 0 saturated carbocycles. The highest BCUT2D eigenvalue weighted by molar-refractivity contribution is 7.99. The minimum atomic E-state index is -3.63. The second-order valence-electron chi connectivity index (χ2n) is 5.29. The summed E-state index contributed by atoms with van der Waals surface area (Å²) >= 11 is 1.59. The molecule has 1 atom stereocenters. The fourth-order valence-corrected chi connectivity index (χ4v) is 4.80. The lowest BCUT2D eigenvalue weighted by molar-refractivity contribution is -0.137. The van der Waals surface area contributed by atoms with Gasteiger partial charge in [0.2, 0.25) is 0 Å². The van der Waals surface area contributed by atoms with Gasteiger partial charge in [0.05, 0.1) is 6.42 Å². The summed E-state index contributed by atoms with van der Waals surface area (Å²) in [4.78, 5) is 10.8. The first-order chi connectivity index (χ1) is 8.12. The van der Waals surface area contributed by atoms with Crippen molar-refractivity contribution in [1.29, 1.82) is 0 Å². The van der Waals surface area contributed by atoms with E-state index in [1.54, 1.807) is 32.5 Å². The highest BCUT2D eigenvalue weighted by atomic mass is 32.2. The molecule has 6 nitrogen and oxygen atoms in total. The first kappa shape index (κ1) is 15.7. The predicted octanol–water partition coefficient (Wildman–Crippen LogP) is 0.511. The fourth-order valence-electron chi connectivity index (χ4n) is 1.76. The Bertz CT molecular complexity index is 403. The lowest BCUT2D eigenvalue weighted by atomic mass is 10.1. The molecule has 0 radical (unpaired) electrons. The van der Waals surface area contributed by atoms with Crippen molar-refractivity contribution in [2.75, 3.05) is 18.1 Å². The van der Waals surface area contributed by atoms with Crippen LogP contribution < -0.4 is 4.72 Å². The number of carbonyl (C=O) groups is 1. The van der Waals surface area contributed by atoms with Gasteiger partial charge in [-0.1, -0.05) is 0 Å². The lowest BCUT2D eigenvalue weighted by Crippen LogP contribution is -2.55. The molecule has 1 saturated heterocycles. The topological polar surface area (TPSA) is 86.7 Å². The Labute approximate surface area is 112 Å². The molecule has 1 aliphatic rings. The third kappa shape index (κ3) is 4.75. The molecule has 1 aliphatic heterocycles. The van der Waals surface area contributed by atoms with E-state index < -0.39 is 27.8 Å². The Balaban J connectivity index is 2.85. The highest BCUT2D eigenvalue weighted by Crippen LogP contribution is 2.22. The highest BCUT2D eigenvalue weighted by Gasteiger charge is 2.35. The third-order valence-corrected chi connectivity index (χ3v) is 5.39. The van der Waals surface area contributed by atoms with Gasteiger partial charge in [-0.05, 0) is 20.8 Å². The summed E-state index contributed by atoms with van der Waals surface area (Å²) in [6, 6.07) is -0.471. The van der Waals surface area contributed by atoms with Crippen LogP contribution in [0.5, 0.6) is 0 Å². The quantitative estimate of drug-likeness (QED) is 0.789. The number of aliphatic carboxylic acids is 1. The van der Waals surface area contributed by atoms with Crippen molar-refractivity contribution >= 4 is 27.9 Å². The largest absolute Gasteiger partial charge is 0.481 e. The van der Waals surface area contributed by atoms with Crippen molar-refractivity contribution in [3.8, 4) is 0 Å². The Morgan fingerprint density at radius 2 is 2.11 bits per heavy atom. The maximum absolute atomic E-state index is 12.2. The molecule has 1 heterocycles. The van der Waals surface area contributed by atoms with Crippen LogP contribution in [0.25, 0.3) is 0 Å². The number of hydrogen-bond acceptors (Lipinski definition) is 4. The number of rotatable bonds is 4. The van der Waals surface area contributed by atoms with E-state index in [0.29, 0.717) is 18.1 Å². The van der Waals surface area contributed by atoms with E-state index in [1.165, 1.54) is 4.31 Å². The molecule has 0 amide bonds. The van der Waals surface area contributed by atoms with Gasteiger partial charge in [-0.3, -0.25) is 4.79 Å². The zero-order valence-corrected chi connectivity index (χ0v) is 12.5. The van der Waals surface area contributed by atoms with Gasteiger partial charge in [-0.15, -0.1) is 0 Å². The second kappa shape index (κ2) is 5.77. The van der Waals surface area contributed by atoms with E-state index in [0.717, 1.165) is 0 Å². The minimum absolute atomic E-state index is 0.155. The van der Waals surface area contributed by atoms with Crippen LogP contribution in [-0.2, 0) is 15.0 Å². The molecule has 0 spiro atoms. The molecule has 0 aromatic rings. The van der Waals surface area contributed by atoms with E-state index >= 15 is 0 Å². The van der Waals surface area contributed by atoms with Crippen LogP contribution in [0.3, 0.4) is 0 Å². The van der Waals surface area contributed by atoms with Crippen molar-refractivity contribution < 1.29 is 18.3 Å². The zero-order chi connectivity index (χ0) is 14.0. The number of thioether (sulfide) groups is 1. The SMILES string of the molecule is CC(C)(C)NS(=O)(=O)N1CCSCC1CC(=O)O. The summed E-state index contributed by atoms with van der Waals surface area (Å²) in [5.74, 6) is 0.247. The summed E-state index contributed by atoms with van der Waals surface area (Å²) in [6.45, 7) is 5.63.